The van der Waals surface area contributed by atoms with E-state index in [9.17, 15) is 8.42 Å². The zero-order chi connectivity index (χ0) is 17.4. The molecule has 7 heteroatoms. The van der Waals surface area contributed by atoms with Crippen molar-refractivity contribution in [2.24, 2.45) is 4.99 Å². The number of nitrogens with zero attached hydrogens (tertiary/aromatic N) is 1. The van der Waals surface area contributed by atoms with Crippen LogP contribution in [0.25, 0.3) is 0 Å². The van der Waals surface area contributed by atoms with Crippen LogP contribution < -0.4 is 10.6 Å². The Balaban J connectivity index is 0.00000312. The van der Waals surface area contributed by atoms with Gasteiger partial charge in [-0.1, -0.05) is 38.0 Å². The normalized spacial score (nSPS) is 17.0. The number of hydrogen-bond donors (Lipinski definition) is 2. The lowest BCUT2D eigenvalue weighted by atomic mass is 10.2. The average Bonchev–Trinajstić information content (AvgIpc) is 3.08. The van der Waals surface area contributed by atoms with Crippen LogP contribution in [0.15, 0.2) is 40.2 Å². The van der Waals surface area contributed by atoms with Crippen LogP contribution in [0, 0.1) is 0 Å². The Morgan fingerprint density at radius 2 is 1.84 bits per heavy atom. The van der Waals surface area contributed by atoms with E-state index in [1.54, 1.807) is 24.3 Å². The largest absolute Gasteiger partial charge is 0.354 e. The molecule has 142 valence electrons. The summed E-state index contributed by atoms with van der Waals surface area (Å²) in [5.74, 6) is 0.808. The van der Waals surface area contributed by atoms with Crippen LogP contribution in [0.3, 0.4) is 0 Å². The first kappa shape index (κ1) is 22.2. The summed E-state index contributed by atoms with van der Waals surface area (Å²) in [6.07, 6.45) is 5.53. The molecule has 2 rings (SSSR count). The molecule has 1 aliphatic rings. The fourth-order valence-corrected chi connectivity index (χ4v) is 4.61. The Labute approximate surface area is 169 Å². The van der Waals surface area contributed by atoms with Crippen molar-refractivity contribution in [3.8, 4) is 0 Å². The molecule has 1 saturated carbocycles. The maximum atomic E-state index is 12.6. The van der Waals surface area contributed by atoms with Crippen LogP contribution in [0.4, 0.5) is 0 Å². The highest BCUT2D eigenvalue weighted by Gasteiger charge is 2.22. The standard InChI is InChI=1S/C18H29N3O2S.HI/c1-3-15(14-24(22,23)17-12-6-5-7-13-17)20-18(19-4-2)21-16-10-8-9-11-16;/h5-7,12-13,15-16H,3-4,8-11,14H2,1-2H3,(H2,19,20,21);1H. The van der Waals surface area contributed by atoms with E-state index in [0.717, 1.165) is 25.2 Å². The topological polar surface area (TPSA) is 70.6 Å². The fourth-order valence-electron chi connectivity index (χ4n) is 3.00. The SMILES string of the molecule is CCN=C(NC1CCCC1)NC(CC)CS(=O)(=O)c1ccccc1.I. The van der Waals surface area contributed by atoms with Crippen molar-refractivity contribution in [3.63, 3.8) is 0 Å². The smallest absolute Gasteiger partial charge is 0.191 e. The van der Waals surface area contributed by atoms with E-state index in [1.165, 1.54) is 12.8 Å². The summed E-state index contributed by atoms with van der Waals surface area (Å²) in [6, 6.07) is 8.94. The Bertz CT molecular complexity index is 629. The summed E-state index contributed by atoms with van der Waals surface area (Å²) in [5, 5.41) is 6.77. The van der Waals surface area contributed by atoms with E-state index in [2.05, 4.69) is 15.6 Å². The van der Waals surface area contributed by atoms with Crippen LogP contribution >= 0.6 is 24.0 Å². The first-order valence-electron chi connectivity index (χ1n) is 8.90. The molecule has 1 aliphatic carbocycles. The molecule has 0 bridgehead atoms. The van der Waals surface area contributed by atoms with Crippen LogP contribution in [0.5, 0.6) is 0 Å². The lowest BCUT2D eigenvalue weighted by Crippen LogP contribution is -2.48. The number of halogens is 1. The number of hydrogen-bond acceptors (Lipinski definition) is 3. The summed E-state index contributed by atoms with van der Waals surface area (Å²) < 4.78 is 25.2. The van der Waals surface area contributed by atoms with E-state index in [0.29, 0.717) is 17.5 Å². The van der Waals surface area contributed by atoms with Crippen molar-refractivity contribution in [1.29, 1.82) is 0 Å². The molecule has 1 atom stereocenters. The molecule has 1 aromatic rings. The molecule has 0 aromatic heterocycles. The molecule has 1 aromatic carbocycles. The second-order valence-electron chi connectivity index (χ2n) is 6.29. The van der Waals surface area contributed by atoms with Crippen molar-refractivity contribution in [3.05, 3.63) is 30.3 Å². The first-order chi connectivity index (χ1) is 11.5. The minimum Gasteiger partial charge on any atom is -0.354 e. The van der Waals surface area contributed by atoms with Gasteiger partial charge in [-0.15, -0.1) is 24.0 Å². The predicted molar refractivity (Wildman–Crippen MR) is 114 cm³/mol. The number of nitrogens with one attached hydrogen (secondary N) is 2. The van der Waals surface area contributed by atoms with Gasteiger partial charge in [0.05, 0.1) is 10.6 Å². The van der Waals surface area contributed by atoms with Crippen LogP contribution in [0.2, 0.25) is 0 Å². The van der Waals surface area contributed by atoms with Gasteiger partial charge in [0.2, 0.25) is 0 Å². The van der Waals surface area contributed by atoms with Gasteiger partial charge in [0.25, 0.3) is 0 Å². The van der Waals surface area contributed by atoms with Gasteiger partial charge >= 0.3 is 0 Å². The minimum atomic E-state index is -3.30. The molecule has 0 heterocycles. The van der Waals surface area contributed by atoms with Gasteiger partial charge in [0, 0.05) is 18.6 Å². The second kappa shape index (κ2) is 11.0. The predicted octanol–water partition coefficient (Wildman–Crippen LogP) is 3.35. The third-order valence-electron chi connectivity index (χ3n) is 4.37. The van der Waals surface area contributed by atoms with Crippen LogP contribution in [-0.2, 0) is 9.84 Å². The third-order valence-corrected chi connectivity index (χ3v) is 6.20. The van der Waals surface area contributed by atoms with Crippen LogP contribution in [-0.4, -0.2) is 38.8 Å². The third kappa shape index (κ3) is 7.13. The molecule has 0 aliphatic heterocycles. The molecule has 0 spiro atoms. The average molecular weight is 479 g/mol. The number of benzene rings is 1. The van der Waals surface area contributed by atoms with E-state index in [1.807, 2.05) is 19.9 Å². The van der Waals surface area contributed by atoms with E-state index >= 15 is 0 Å². The van der Waals surface area contributed by atoms with Crippen molar-refractivity contribution < 1.29 is 8.42 Å². The summed E-state index contributed by atoms with van der Waals surface area (Å²) in [6.45, 7) is 4.65. The molecule has 0 amide bonds. The van der Waals surface area contributed by atoms with Gasteiger partial charge in [-0.05, 0) is 38.3 Å². The van der Waals surface area contributed by atoms with Crippen molar-refractivity contribution in [2.75, 3.05) is 12.3 Å². The van der Waals surface area contributed by atoms with Gasteiger partial charge in [0.15, 0.2) is 15.8 Å². The Morgan fingerprint density at radius 1 is 1.20 bits per heavy atom. The first-order valence-corrected chi connectivity index (χ1v) is 10.6. The summed E-state index contributed by atoms with van der Waals surface area (Å²) in [4.78, 5) is 4.86. The number of sulfone groups is 1. The van der Waals surface area contributed by atoms with Gasteiger partial charge in [0.1, 0.15) is 0 Å². The molecular weight excluding hydrogens is 449 g/mol. The maximum Gasteiger partial charge on any atom is 0.191 e. The van der Waals surface area contributed by atoms with Gasteiger partial charge in [-0.2, -0.15) is 0 Å². The molecule has 0 saturated heterocycles. The molecule has 1 unspecified atom stereocenters. The molecule has 25 heavy (non-hydrogen) atoms. The zero-order valence-electron chi connectivity index (χ0n) is 15.1. The Kier molecular flexibility index (Phi) is 9.78. The highest BCUT2D eigenvalue weighted by molar-refractivity contribution is 14.0. The molecule has 2 N–H and O–H groups in total. The van der Waals surface area contributed by atoms with E-state index < -0.39 is 9.84 Å². The van der Waals surface area contributed by atoms with Crippen molar-refractivity contribution >= 4 is 39.8 Å². The number of rotatable bonds is 7. The molecule has 5 nitrogen and oxygen atoms in total. The quantitative estimate of drug-likeness (QED) is 0.358. The molecular formula is C18H30IN3O2S. The highest BCUT2D eigenvalue weighted by Crippen LogP contribution is 2.17. The monoisotopic (exact) mass is 479 g/mol. The van der Waals surface area contributed by atoms with Crippen LogP contribution in [0.1, 0.15) is 46.0 Å². The lowest BCUT2D eigenvalue weighted by molar-refractivity contribution is 0.557. The second-order valence-corrected chi connectivity index (χ2v) is 8.33. The van der Waals surface area contributed by atoms with Gasteiger partial charge in [-0.25, -0.2) is 8.42 Å². The van der Waals surface area contributed by atoms with E-state index in [-0.39, 0.29) is 35.8 Å². The zero-order valence-corrected chi connectivity index (χ0v) is 18.2. The summed E-state index contributed by atoms with van der Waals surface area (Å²) >= 11 is 0. The van der Waals surface area contributed by atoms with E-state index in [4.69, 9.17) is 0 Å². The molecule has 1 fully saturated rings. The highest BCUT2D eigenvalue weighted by atomic mass is 127. The number of guanidine groups is 1. The fraction of sp³-hybridized carbons (Fsp3) is 0.611. The summed E-state index contributed by atoms with van der Waals surface area (Å²) in [5.41, 5.74) is 0. The maximum absolute atomic E-state index is 12.6. The summed E-state index contributed by atoms with van der Waals surface area (Å²) in [7, 11) is -3.30. The van der Waals surface area contributed by atoms with Crippen molar-refractivity contribution in [2.45, 2.75) is 62.9 Å². The Hall–Kier alpha value is -0.830. The Morgan fingerprint density at radius 3 is 2.40 bits per heavy atom. The number of aliphatic imine (C=N–C) groups is 1. The minimum absolute atomic E-state index is 0. The van der Waals surface area contributed by atoms with Gasteiger partial charge in [-0.3, -0.25) is 4.99 Å². The lowest BCUT2D eigenvalue weighted by Gasteiger charge is -2.23. The van der Waals surface area contributed by atoms with Crippen molar-refractivity contribution in [1.82, 2.24) is 10.6 Å². The molecule has 0 radical (unpaired) electrons. The van der Waals surface area contributed by atoms with Gasteiger partial charge < -0.3 is 10.6 Å².